The molecule has 0 amide bonds. The van der Waals surface area contributed by atoms with Crippen molar-refractivity contribution in [3.8, 4) is 0 Å². The molecule has 3 heteroatoms. The molecular weight excluding hydrogens is 216 g/mol. The monoisotopic (exact) mass is 224 g/mol. The zero-order valence-corrected chi connectivity index (χ0v) is 8.43. The van der Waals surface area contributed by atoms with Gasteiger partial charge in [-0.2, -0.15) is 0 Å². The molecule has 1 aromatic carbocycles. The van der Waals surface area contributed by atoms with Crippen LogP contribution in [0.4, 0.5) is 11.4 Å². The van der Waals surface area contributed by atoms with E-state index in [2.05, 4.69) is 39.3 Å². The fraction of sp³-hybridized carbons (Fsp3) is 0.111. The number of halogens is 1. The van der Waals surface area contributed by atoms with Gasteiger partial charge >= 0.3 is 0 Å². The minimum atomic E-state index is 0.755. The van der Waals surface area contributed by atoms with E-state index in [-0.39, 0.29) is 0 Å². The number of rotatable bonds is 2. The Morgan fingerprint density at radius 2 is 1.75 bits per heavy atom. The van der Waals surface area contributed by atoms with Crippen LogP contribution in [-0.2, 0) is 0 Å². The van der Waals surface area contributed by atoms with E-state index < -0.39 is 0 Å². The predicted molar refractivity (Wildman–Crippen MR) is 57.3 cm³/mol. The molecule has 0 radical (unpaired) electrons. The van der Waals surface area contributed by atoms with Crippen molar-refractivity contribution in [2.24, 2.45) is 9.98 Å². The Labute approximate surface area is 80.2 Å². The molecule has 2 nitrogen and oxygen atoms in total. The van der Waals surface area contributed by atoms with Crippen molar-refractivity contribution in [2.45, 2.75) is 6.92 Å². The molecule has 12 heavy (non-hydrogen) atoms. The molecule has 0 bridgehead atoms. The van der Waals surface area contributed by atoms with Crippen LogP contribution in [-0.4, -0.2) is 13.4 Å². The zero-order chi connectivity index (χ0) is 9.14. The average molecular weight is 225 g/mol. The van der Waals surface area contributed by atoms with Crippen LogP contribution < -0.4 is 0 Å². The van der Waals surface area contributed by atoms with E-state index in [0.717, 1.165) is 21.4 Å². The average Bonchev–Trinajstić information content (AvgIpc) is 2.08. The summed E-state index contributed by atoms with van der Waals surface area (Å²) in [4.78, 5) is 7.76. The zero-order valence-electron chi connectivity index (χ0n) is 6.84. The van der Waals surface area contributed by atoms with Gasteiger partial charge in [0.05, 0.1) is 5.69 Å². The van der Waals surface area contributed by atoms with Crippen molar-refractivity contribution in [1.29, 1.82) is 0 Å². The number of benzene rings is 1. The summed E-state index contributed by atoms with van der Waals surface area (Å²) in [5.41, 5.74) is 2.60. The van der Waals surface area contributed by atoms with Gasteiger partial charge in [0.15, 0.2) is 0 Å². The SMILES string of the molecule is C=Nc1c(C)ccc(Br)c1N=C. The molecule has 62 valence electrons. The summed E-state index contributed by atoms with van der Waals surface area (Å²) >= 11 is 3.36. The van der Waals surface area contributed by atoms with Crippen molar-refractivity contribution < 1.29 is 0 Å². The maximum absolute atomic E-state index is 3.89. The second-order valence-corrected chi connectivity index (χ2v) is 3.23. The lowest BCUT2D eigenvalue weighted by molar-refractivity contribution is 1.37. The fourth-order valence-corrected chi connectivity index (χ4v) is 1.45. The molecule has 0 saturated heterocycles. The molecule has 0 fully saturated rings. The molecule has 0 heterocycles. The molecule has 1 aromatic rings. The summed E-state index contributed by atoms with van der Waals surface area (Å²) in [6, 6.07) is 3.89. The standard InChI is InChI=1S/C9H9BrN2/c1-6-4-5-7(10)9(12-3)8(6)11-2/h4-5H,2-3H2,1H3. The molecular formula is C9H9BrN2. The Hall–Kier alpha value is -0.960. The third kappa shape index (κ3) is 1.46. The van der Waals surface area contributed by atoms with Gasteiger partial charge in [0, 0.05) is 4.47 Å². The van der Waals surface area contributed by atoms with Gasteiger partial charge in [0.2, 0.25) is 0 Å². The van der Waals surface area contributed by atoms with Crippen LogP contribution in [0.2, 0.25) is 0 Å². The Morgan fingerprint density at radius 3 is 2.17 bits per heavy atom. The van der Waals surface area contributed by atoms with Crippen molar-refractivity contribution in [3.63, 3.8) is 0 Å². The van der Waals surface area contributed by atoms with Crippen LogP contribution in [0.5, 0.6) is 0 Å². The van der Waals surface area contributed by atoms with E-state index in [1.807, 2.05) is 19.1 Å². The Bertz CT molecular complexity index is 299. The molecule has 0 atom stereocenters. The van der Waals surface area contributed by atoms with E-state index in [1.165, 1.54) is 0 Å². The summed E-state index contributed by atoms with van der Waals surface area (Å²) in [7, 11) is 0. The lowest BCUT2D eigenvalue weighted by Crippen LogP contribution is -1.76. The molecule has 0 aliphatic carbocycles. The van der Waals surface area contributed by atoms with Crippen molar-refractivity contribution in [3.05, 3.63) is 22.2 Å². The Balaban J connectivity index is 3.48. The van der Waals surface area contributed by atoms with Gasteiger partial charge in [-0.3, -0.25) is 9.98 Å². The summed E-state index contributed by atoms with van der Waals surface area (Å²) in [5, 5.41) is 0. The van der Waals surface area contributed by atoms with Gasteiger partial charge in [-0.15, -0.1) is 0 Å². The second-order valence-electron chi connectivity index (χ2n) is 2.38. The molecule has 0 saturated carbocycles. The molecule has 0 aliphatic heterocycles. The van der Waals surface area contributed by atoms with Crippen molar-refractivity contribution >= 4 is 40.7 Å². The minimum absolute atomic E-state index is 0.755. The number of hydrogen-bond donors (Lipinski definition) is 0. The third-order valence-corrected chi connectivity index (χ3v) is 2.26. The fourth-order valence-electron chi connectivity index (χ4n) is 1.01. The largest absolute Gasteiger partial charge is 0.262 e. The molecule has 0 spiro atoms. The van der Waals surface area contributed by atoms with Crippen LogP contribution in [0.3, 0.4) is 0 Å². The molecule has 0 unspecified atom stereocenters. The van der Waals surface area contributed by atoms with Gasteiger partial charge in [-0.1, -0.05) is 6.07 Å². The van der Waals surface area contributed by atoms with Crippen LogP contribution >= 0.6 is 15.9 Å². The number of aryl methyl sites for hydroxylation is 1. The van der Waals surface area contributed by atoms with Gasteiger partial charge in [-0.25, -0.2) is 0 Å². The predicted octanol–water partition coefficient (Wildman–Crippen LogP) is 3.42. The van der Waals surface area contributed by atoms with E-state index in [4.69, 9.17) is 0 Å². The highest BCUT2D eigenvalue weighted by molar-refractivity contribution is 9.10. The lowest BCUT2D eigenvalue weighted by atomic mass is 10.2. The smallest absolute Gasteiger partial charge is 0.102 e. The molecule has 0 N–H and O–H groups in total. The number of hydrogen-bond acceptors (Lipinski definition) is 2. The summed E-state index contributed by atoms with van der Waals surface area (Å²) in [6.07, 6.45) is 0. The number of aliphatic imine (C=N–C) groups is 2. The highest BCUT2D eigenvalue weighted by Crippen LogP contribution is 2.37. The van der Waals surface area contributed by atoms with Gasteiger partial charge in [0.25, 0.3) is 0 Å². The molecule has 1 rings (SSSR count). The first-order valence-corrected chi connectivity index (χ1v) is 4.22. The van der Waals surface area contributed by atoms with Crippen LogP contribution in [0, 0.1) is 6.92 Å². The quantitative estimate of drug-likeness (QED) is 0.689. The van der Waals surface area contributed by atoms with E-state index in [9.17, 15) is 0 Å². The first kappa shape index (κ1) is 9.13. The lowest BCUT2D eigenvalue weighted by Gasteiger charge is -2.04. The minimum Gasteiger partial charge on any atom is -0.262 e. The van der Waals surface area contributed by atoms with Crippen molar-refractivity contribution in [1.82, 2.24) is 0 Å². The van der Waals surface area contributed by atoms with E-state index in [0.29, 0.717) is 0 Å². The summed E-state index contributed by atoms with van der Waals surface area (Å²) in [6.45, 7) is 8.92. The van der Waals surface area contributed by atoms with Crippen LogP contribution in [0.25, 0.3) is 0 Å². The first-order chi connectivity index (χ1) is 5.70. The number of nitrogens with zero attached hydrogens (tertiary/aromatic N) is 2. The molecule has 0 aromatic heterocycles. The van der Waals surface area contributed by atoms with Gasteiger partial charge in [0.1, 0.15) is 5.69 Å². The van der Waals surface area contributed by atoms with Crippen molar-refractivity contribution in [2.75, 3.05) is 0 Å². The normalized spacial score (nSPS) is 9.50. The highest BCUT2D eigenvalue weighted by atomic mass is 79.9. The second kappa shape index (κ2) is 3.63. The third-order valence-electron chi connectivity index (χ3n) is 1.62. The molecule has 0 aliphatic rings. The van der Waals surface area contributed by atoms with Crippen LogP contribution in [0.1, 0.15) is 5.56 Å². The maximum Gasteiger partial charge on any atom is 0.102 e. The van der Waals surface area contributed by atoms with E-state index in [1.54, 1.807) is 0 Å². The Kier molecular flexibility index (Phi) is 2.76. The summed E-state index contributed by atoms with van der Waals surface area (Å²) in [5.74, 6) is 0. The van der Waals surface area contributed by atoms with Gasteiger partial charge < -0.3 is 0 Å². The van der Waals surface area contributed by atoms with Crippen LogP contribution in [0.15, 0.2) is 26.6 Å². The van der Waals surface area contributed by atoms with E-state index >= 15 is 0 Å². The Morgan fingerprint density at radius 1 is 1.17 bits per heavy atom. The maximum atomic E-state index is 3.89. The highest BCUT2D eigenvalue weighted by Gasteiger charge is 2.05. The van der Waals surface area contributed by atoms with Gasteiger partial charge in [-0.05, 0) is 47.9 Å². The summed E-state index contributed by atoms with van der Waals surface area (Å²) < 4.78 is 0.894. The first-order valence-electron chi connectivity index (χ1n) is 3.43. The topological polar surface area (TPSA) is 24.7 Å².